The molecule has 0 aromatic heterocycles. The summed E-state index contributed by atoms with van der Waals surface area (Å²) in [6.07, 6.45) is 14.2. The molecular formula is C34H56O3. The first kappa shape index (κ1) is 27.7. The van der Waals surface area contributed by atoms with Gasteiger partial charge in [0, 0.05) is 24.9 Å². The minimum Gasteiger partial charge on any atom is -0.462 e. The minimum absolute atomic E-state index is 0.0168. The van der Waals surface area contributed by atoms with Crippen LogP contribution < -0.4 is 0 Å². The summed E-state index contributed by atoms with van der Waals surface area (Å²) in [4.78, 5) is 12.0. The predicted molar refractivity (Wildman–Crippen MR) is 151 cm³/mol. The van der Waals surface area contributed by atoms with E-state index in [2.05, 4.69) is 68.4 Å². The zero-order valence-electron chi connectivity index (χ0n) is 25.8. The van der Waals surface area contributed by atoms with Crippen molar-refractivity contribution in [1.82, 2.24) is 0 Å². The average Bonchev–Trinajstić information content (AvgIpc) is 2.78. The Morgan fingerprint density at radius 2 is 1.59 bits per heavy atom. The molecule has 0 bridgehead atoms. The number of allylic oxidation sites excluding steroid dienone is 1. The molecule has 0 heterocycles. The fourth-order valence-corrected chi connectivity index (χ4v) is 11.3. The Kier molecular flexibility index (Phi) is 6.43. The molecule has 3 nitrogen and oxygen atoms in total. The van der Waals surface area contributed by atoms with Crippen molar-refractivity contribution >= 4 is 5.97 Å². The average molecular weight is 513 g/mol. The number of hydrogen-bond donors (Lipinski definition) is 0. The first-order valence-corrected chi connectivity index (χ1v) is 15.6. The Labute approximate surface area is 227 Å². The van der Waals surface area contributed by atoms with Crippen molar-refractivity contribution in [2.45, 2.75) is 139 Å². The van der Waals surface area contributed by atoms with Gasteiger partial charge in [-0.3, -0.25) is 4.79 Å². The first-order chi connectivity index (χ1) is 17.0. The molecule has 210 valence electrons. The molecule has 5 rings (SSSR count). The SMILES string of the molecule is CCOC1C=C2C3CC(C)(C)CCC3(C)CCC2(C)C2(C)CCC3C(C)(C)C(OC(C)=O)CCC3(C)C12. The van der Waals surface area contributed by atoms with E-state index in [4.69, 9.17) is 9.47 Å². The van der Waals surface area contributed by atoms with Crippen LogP contribution in [0.1, 0.15) is 127 Å². The topological polar surface area (TPSA) is 35.5 Å². The number of carbonyl (C=O) groups excluding carboxylic acids is 1. The number of ether oxygens (including phenoxy) is 2. The van der Waals surface area contributed by atoms with Crippen LogP contribution in [0, 0.1) is 50.2 Å². The van der Waals surface area contributed by atoms with Crippen molar-refractivity contribution < 1.29 is 14.3 Å². The third-order valence-corrected chi connectivity index (χ3v) is 13.6. The van der Waals surface area contributed by atoms with Gasteiger partial charge >= 0.3 is 5.97 Å². The van der Waals surface area contributed by atoms with Gasteiger partial charge in [0.25, 0.3) is 0 Å². The smallest absolute Gasteiger partial charge is 0.302 e. The summed E-state index contributed by atoms with van der Waals surface area (Å²) in [7, 11) is 0. The van der Waals surface area contributed by atoms with E-state index in [-0.39, 0.29) is 39.8 Å². The minimum atomic E-state index is -0.132. The molecule has 0 saturated heterocycles. The van der Waals surface area contributed by atoms with Gasteiger partial charge in [-0.15, -0.1) is 0 Å². The highest BCUT2D eigenvalue weighted by molar-refractivity contribution is 5.66. The lowest BCUT2D eigenvalue weighted by Crippen LogP contribution is -2.67. The molecule has 0 amide bonds. The number of carbonyl (C=O) groups is 1. The number of rotatable bonds is 3. The Balaban J connectivity index is 1.61. The van der Waals surface area contributed by atoms with E-state index in [0.29, 0.717) is 28.6 Å². The van der Waals surface area contributed by atoms with Crippen LogP contribution in [0.2, 0.25) is 0 Å². The Hall–Kier alpha value is -0.830. The van der Waals surface area contributed by atoms with Gasteiger partial charge in [0.15, 0.2) is 0 Å². The van der Waals surface area contributed by atoms with Gasteiger partial charge in [0.1, 0.15) is 6.10 Å². The van der Waals surface area contributed by atoms with Crippen LogP contribution in [0.5, 0.6) is 0 Å². The second-order valence-electron chi connectivity index (χ2n) is 16.4. The summed E-state index contributed by atoms with van der Waals surface area (Å²) in [5.41, 5.74) is 3.21. The molecular weight excluding hydrogens is 456 g/mol. The molecule has 0 aliphatic heterocycles. The van der Waals surface area contributed by atoms with Gasteiger partial charge in [0.2, 0.25) is 0 Å². The lowest BCUT2D eigenvalue weighted by atomic mass is 9.33. The maximum Gasteiger partial charge on any atom is 0.302 e. The molecule has 0 aromatic carbocycles. The molecule has 37 heavy (non-hydrogen) atoms. The van der Waals surface area contributed by atoms with E-state index in [1.165, 1.54) is 44.9 Å². The highest BCUT2D eigenvalue weighted by Gasteiger charge is 2.70. The van der Waals surface area contributed by atoms with Crippen molar-refractivity contribution in [3.05, 3.63) is 11.6 Å². The largest absolute Gasteiger partial charge is 0.462 e. The van der Waals surface area contributed by atoms with Gasteiger partial charge in [0.05, 0.1) is 6.10 Å². The summed E-state index contributed by atoms with van der Waals surface area (Å²) in [5, 5.41) is 0. The van der Waals surface area contributed by atoms with Crippen LogP contribution in [0.25, 0.3) is 0 Å². The second-order valence-corrected chi connectivity index (χ2v) is 16.4. The Bertz CT molecular complexity index is 962. The van der Waals surface area contributed by atoms with Crippen molar-refractivity contribution in [2.75, 3.05) is 6.61 Å². The molecule has 0 spiro atoms. The third kappa shape index (κ3) is 3.86. The van der Waals surface area contributed by atoms with Gasteiger partial charge in [-0.1, -0.05) is 67.0 Å². The van der Waals surface area contributed by atoms with Crippen LogP contribution in [-0.2, 0) is 14.3 Å². The maximum absolute atomic E-state index is 12.0. The van der Waals surface area contributed by atoms with Crippen LogP contribution in [-0.4, -0.2) is 24.8 Å². The van der Waals surface area contributed by atoms with Crippen molar-refractivity contribution in [3.63, 3.8) is 0 Å². The monoisotopic (exact) mass is 512 g/mol. The van der Waals surface area contributed by atoms with E-state index in [9.17, 15) is 4.79 Å². The van der Waals surface area contributed by atoms with E-state index < -0.39 is 0 Å². The van der Waals surface area contributed by atoms with E-state index >= 15 is 0 Å². The van der Waals surface area contributed by atoms with E-state index in [1.807, 2.05) is 0 Å². The second kappa shape index (κ2) is 8.58. The highest BCUT2D eigenvalue weighted by atomic mass is 16.5. The molecule has 9 unspecified atom stereocenters. The normalized spacial score (nSPS) is 50.0. The van der Waals surface area contributed by atoms with Crippen LogP contribution in [0.3, 0.4) is 0 Å². The van der Waals surface area contributed by atoms with Crippen LogP contribution in [0.4, 0.5) is 0 Å². The van der Waals surface area contributed by atoms with Crippen molar-refractivity contribution in [2.24, 2.45) is 50.2 Å². The lowest BCUT2D eigenvalue weighted by molar-refractivity contribution is -0.234. The number of esters is 1. The van der Waals surface area contributed by atoms with Crippen LogP contribution >= 0.6 is 0 Å². The quantitative estimate of drug-likeness (QED) is 0.280. The zero-order valence-corrected chi connectivity index (χ0v) is 25.8. The molecule has 5 aliphatic rings. The summed E-state index contributed by atoms with van der Waals surface area (Å²) in [6.45, 7) is 24.8. The number of fused-ring (bicyclic) bond motifs is 7. The van der Waals surface area contributed by atoms with Crippen molar-refractivity contribution in [1.29, 1.82) is 0 Å². The number of hydrogen-bond acceptors (Lipinski definition) is 3. The maximum atomic E-state index is 12.0. The molecule has 3 heteroatoms. The molecule has 0 radical (unpaired) electrons. The summed E-state index contributed by atoms with van der Waals surface area (Å²) >= 11 is 0. The van der Waals surface area contributed by atoms with E-state index in [0.717, 1.165) is 19.4 Å². The molecule has 0 N–H and O–H groups in total. The first-order valence-electron chi connectivity index (χ1n) is 15.6. The molecule has 4 saturated carbocycles. The van der Waals surface area contributed by atoms with Crippen LogP contribution in [0.15, 0.2) is 11.6 Å². The summed E-state index contributed by atoms with van der Waals surface area (Å²) < 4.78 is 12.7. The fraction of sp³-hybridized carbons (Fsp3) is 0.912. The highest BCUT2D eigenvalue weighted by Crippen LogP contribution is 2.76. The molecule has 0 aromatic rings. The predicted octanol–water partition coefficient (Wildman–Crippen LogP) is 8.75. The molecule has 4 fully saturated rings. The standard InChI is InChI=1S/C34H56O3/c1-11-36-25-20-23-24-21-29(3,4)16-17-31(24,7)18-19-33(23,9)34(10)15-12-26-30(5,6)27(37-22(2)35)13-14-32(26,8)28(25)34/h20,24-28H,11-19,21H2,1-10H3. The molecule has 5 aliphatic carbocycles. The third-order valence-electron chi connectivity index (χ3n) is 13.6. The molecule has 9 atom stereocenters. The summed E-state index contributed by atoms with van der Waals surface area (Å²) in [5.74, 6) is 1.57. The fourth-order valence-electron chi connectivity index (χ4n) is 11.3. The van der Waals surface area contributed by atoms with E-state index in [1.54, 1.807) is 12.5 Å². The zero-order chi connectivity index (χ0) is 27.2. The van der Waals surface area contributed by atoms with Gasteiger partial charge in [-0.05, 0) is 104 Å². The van der Waals surface area contributed by atoms with Gasteiger partial charge in [-0.2, -0.15) is 0 Å². The Morgan fingerprint density at radius 1 is 0.919 bits per heavy atom. The van der Waals surface area contributed by atoms with Gasteiger partial charge in [-0.25, -0.2) is 0 Å². The van der Waals surface area contributed by atoms with Gasteiger partial charge < -0.3 is 9.47 Å². The lowest BCUT2D eigenvalue weighted by Gasteiger charge is -2.72. The Morgan fingerprint density at radius 3 is 2.24 bits per heavy atom. The summed E-state index contributed by atoms with van der Waals surface area (Å²) in [6, 6.07) is 0. The van der Waals surface area contributed by atoms with Crippen molar-refractivity contribution in [3.8, 4) is 0 Å².